The molecule has 1 fully saturated rings. The first-order valence-corrected chi connectivity index (χ1v) is 4.70. The van der Waals surface area contributed by atoms with Crippen molar-refractivity contribution in [3.05, 3.63) is 6.92 Å². The molecule has 1 heterocycles. The number of rotatable bonds is 1. The lowest BCUT2D eigenvalue weighted by Gasteiger charge is -2.16. The molecule has 2 N–H and O–H groups in total. The topological polar surface area (TPSA) is 49.7 Å². The molecule has 1 rings (SSSR count). The molecule has 0 bridgehead atoms. The van der Waals surface area contributed by atoms with E-state index < -0.39 is 18.3 Å². The Morgan fingerprint density at radius 3 is 2.18 bits per heavy atom. The molecule has 2 radical (unpaired) electrons. The van der Waals surface area contributed by atoms with Crippen LogP contribution in [0.25, 0.3) is 0 Å². The second kappa shape index (κ2) is 3.55. The van der Waals surface area contributed by atoms with Crippen LogP contribution in [0, 0.1) is 6.92 Å². The Morgan fingerprint density at radius 2 is 2.00 bits per heavy atom. The van der Waals surface area contributed by atoms with E-state index in [2.05, 4.69) is 22.6 Å². The Kier molecular flexibility index (Phi) is 3.13. The molecule has 2 unspecified atom stereocenters. The number of alkyl halides is 1. The standard InChI is InChI=1S/C7H11IO3/c1-3(8)7-6(10)5(9)4(2)11-7/h2-7,9-10H,1H3/t3?,4-,5?,6+,7-/m0/s1. The molecule has 64 valence electrons. The van der Waals surface area contributed by atoms with Crippen LogP contribution in [0.5, 0.6) is 0 Å². The number of halogens is 1. The normalized spacial score (nSPS) is 47.7. The van der Waals surface area contributed by atoms with Crippen molar-refractivity contribution in [3.8, 4) is 0 Å². The van der Waals surface area contributed by atoms with Crippen molar-refractivity contribution in [2.45, 2.75) is 35.3 Å². The Labute approximate surface area is 79.9 Å². The fourth-order valence-electron chi connectivity index (χ4n) is 1.11. The zero-order valence-corrected chi connectivity index (χ0v) is 8.30. The van der Waals surface area contributed by atoms with Crippen molar-refractivity contribution in [1.82, 2.24) is 0 Å². The van der Waals surface area contributed by atoms with Crippen LogP contribution >= 0.6 is 22.6 Å². The lowest BCUT2D eigenvalue weighted by molar-refractivity contribution is 0.0249. The first-order chi connectivity index (χ1) is 5.04. The van der Waals surface area contributed by atoms with Gasteiger partial charge in [0.2, 0.25) is 0 Å². The van der Waals surface area contributed by atoms with Gasteiger partial charge in [0.15, 0.2) is 0 Å². The average molecular weight is 270 g/mol. The molecule has 4 heteroatoms. The van der Waals surface area contributed by atoms with Crippen molar-refractivity contribution in [1.29, 1.82) is 0 Å². The summed E-state index contributed by atoms with van der Waals surface area (Å²) >= 11 is 2.13. The van der Waals surface area contributed by atoms with E-state index in [-0.39, 0.29) is 10.0 Å². The third kappa shape index (κ3) is 1.85. The van der Waals surface area contributed by atoms with Gasteiger partial charge in [-0.05, 0) is 6.92 Å². The molecule has 0 aliphatic carbocycles. The van der Waals surface area contributed by atoms with Crippen molar-refractivity contribution in [3.63, 3.8) is 0 Å². The van der Waals surface area contributed by atoms with Crippen LogP contribution in [0.15, 0.2) is 0 Å². The Balaban J connectivity index is 2.59. The van der Waals surface area contributed by atoms with Crippen LogP contribution in [0.2, 0.25) is 0 Å². The largest absolute Gasteiger partial charge is 0.388 e. The summed E-state index contributed by atoms with van der Waals surface area (Å²) in [4.78, 5) is 0. The Bertz CT molecular complexity index is 140. The second-order valence-electron chi connectivity index (χ2n) is 2.72. The van der Waals surface area contributed by atoms with Gasteiger partial charge in [-0.25, -0.2) is 0 Å². The van der Waals surface area contributed by atoms with E-state index in [1.54, 1.807) is 0 Å². The van der Waals surface area contributed by atoms with Gasteiger partial charge in [0.25, 0.3) is 0 Å². The van der Waals surface area contributed by atoms with Crippen LogP contribution in [0.4, 0.5) is 0 Å². The Hall–Kier alpha value is 0.610. The van der Waals surface area contributed by atoms with E-state index in [1.165, 1.54) is 0 Å². The predicted octanol–water partition coefficient (Wildman–Crippen LogP) is 0.0102. The van der Waals surface area contributed by atoms with Crippen molar-refractivity contribution in [2.75, 3.05) is 0 Å². The van der Waals surface area contributed by atoms with E-state index in [0.29, 0.717) is 0 Å². The quantitative estimate of drug-likeness (QED) is 0.521. The maximum absolute atomic E-state index is 9.34. The minimum Gasteiger partial charge on any atom is -0.388 e. The van der Waals surface area contributed by atoms with Crippen molar-refractivity contribution in [2.24, 2.45) is 0 Å². The molecule has 11 heavy (non-hydrogen) atoms. The zero-order valence-electron chi connectivity index (χ0n) is 6.14. The van der Waals surface area contributed by atoms with Crippen molar-refractivity contribution >= 4 is 22.6 Å². The molecular weight excluding hydrogens is 259 g/mol. The highest BCUT2D eigenvalue weighted by Crippen LogP contribution is 2.26. The fourth-order valence-corrected chi connectivity index (χ4v) is 1.71. The van der Waals surface area contributed by atoms with Gasteiger partial charge in [-0.1, -0.05) is 29.5 Å². The third-order valence-corrected chi connectivity index (χ3v) is 2.50. The first kappa shape index (κ1) is 9.70. The van der Waals surface area contributed by atoms with Crippen molar-refractivity contribution < 1.29 is 14.9 Å². The summed E-state index contributed by atoms with van der Waals surface area (Å²) in [5.41, 5.74) is 0. The van der Waals surface area contributed by atoms with Gasteiger partial charge in [-0.2, -0.15) is 0 Å². The van der Waals surface area contributed by atoms with E-state index in [9.17, 15) is 10.2 Å². The second-order valence-corrected chi connectivity index (χ2v) is 4.69. The van der Waals surface area contributed by atoms with E-state index in [4.69, 9.17) is 11.7 Å². The highest BCUT2D eigenvalue weighted by atomic mass is 127. The summed E-state index contributed by atoms with van der Waals surface area (Å²) in [6, 6.07) is 0. The molecule has 0 saturated carbocycles. The summed E-state index contributed by atoms with van der Waals surface area (Å²) in [6.45, 7) is 7.26. The monoisotopic (exact) mass is 270 g/mol. The van der Waals surface area contributed by atoms with Gasteiger partial charge in [-0.3, -0.25) is 0 Å². The summed E-state index contributed by atoms with van der Waals surface area (Å²) < 4.78 is 5.26. The van der Waals surface area contributed by atoms with Crippen LogP contribution < -0.4 is 0 Å². The van der Waals surface area contributed by atoms with Gasteiger partial charge in [-0.15, -0.1) is 0 Å². The molecule has 3 nitrogen and oxygen atoms in total. The van der Waals surface area contributed by atoms with Crippen LogP contribution in [-0.4, -0.2) is 38.6 Å². The first-order valence-electron chi connectivity index (χ1n) is 3.45. The summed E-state index contributed by atoms with van der Waals surface area (Å²) in [5, 5.41) is 18.5. The molecule has 5 atom stereocenters. The Morgan fingerprint density at radius 1 is 1.45 bits per heavy atom. The van der Waals surface area contributed by atoms with Gasteiger partial charge < -0.3 is 14.9 Å². The van der Waals surface area contributed by atoms with Gasteiger partial charge >= 0.3 is 0 Å². The molecule has 1 aliphatic heterocycles. The number of ether oxygens (including phenoxy) is 1. The van der Waals surface area contributed by atoms with Gasteiger partial charge in [0, 0.05) is 3.92 Å². The summed E-state index contributed by atoms with van der Waals surface area (Å²) in [7, 11) is 0. The fraction of sp³-hybridized carbons (Fsp3) is 0.857. The van der Waals surface area contributed by atoms with Crippen LogP contribution in [-0.2, 0) is 4.74 Å². The zero-order chi connectivity index (χ0) is 8.59. The molecular formula is C7H11IO3. The van der Waals surface area contributed by atoms with E-state index in [0.717, 1.165) is 0 Å². The number of hydrogen-bond acceptors (Lipinski definition) is 3. The van der Waals surface area contributed by atoms with Gasteiger partial charge in [0.1, 0.15) is 12.2 Å². The smallest absolute Gasteiger partial charge is 0.110 e. The highest BCUT2D eigenvalue weighted by molar-refractivity contribution is 14.1. The maximum Gasteiger partial charge on any atom is 0.110 e. The van der Waals surface area contributed by atoms with Crippen LogP contribution in [0.1, 0.15) is 6.92 Å². The van der Waals surface area contributed by atoms with Gasteiger partial charge in [0.05, 0.1) is 12.2 Å². The molecule has 0 aromatic carbocycles. The highest BCUT2D eigenvalue weighted by Gasteiger charge is 2.42. The summed E-state index contributed by atoms with van der Waals surface area (Å²) in [5.74, 6) is 0. The van der Waals surface area contributed by atoms with E-state index in [1.807, 2.05) is 6.92 Å². The minimum atomic E-state index is -0.947. The van der Waals surface area contributed by atoms with E-state index >= 15 is 0 Å². The molecule has 1 saturated heterocycles. The number of aliphatic hydroxyl groups excluding tert-OH is 2. The maximum atomic E-state index is 9.34. The number of aliphatic hydroxyl groups is 2. The predicted molar refractivity (Wildman–Crippen MR) is 48.5 cm³/mol. The lowest BCUT2D eigenvalue weighted by Crippen LogP contribution is -2.35. The molecule has 0 aromatic rings. The average Bonchev–Trinajstić information content (AvgIpc) is 2.17. The molecule has 0 spiro atoms. The SMILES string of the molecule is [CH][C@@H]1O[C@@H](C(C)I)[C@H](O)C1O. The summed E-state index contributed by atoms with van der Waals surface area (Å²) in [6.07, 6.45) is -2.89. The van der Waals surface area contributed by atoms with Crippen LogP contribution in [0.3, 0.4) is 0 Å². The lowest BCUT2D eigenvalue weighted by atomic mass is 10.1. The minimum absolute atomic E-state index is 0.144. The molecule has 1 aliphatic rings. The molecule has 0 amide bonds. The number of hydrogen-bond donors (Lipinski definition) is 2. The molecule has 0 aromatic heterocycles. The third-order valence-electron chi connectivity index (χ3n) is 1.79.